The Balaban J connectivity index is 0.000000333. The highest BCUT2D eigenvalue weighted by molar-refractivity contribution is 5.84. The number of carboxylic acids is 1. The van der Waals surface area contributed by atoms with E-state index in [4.69, 9.17) is 5.11 Å². The highest BCUT2D eigenvalue weighted by atomic mass is 19.4. The second kappa shape index (κ2) is 12.3. The van der Waals surface area contributed by atoms with E-state index in [0.717, 1.165) is 32.5 Å². The van der Waals surface area contributed by atoms with E-state index in [1.54, 1.807) is 17.7 Å². The van der Waals surface area contributed by atoms with E-state index in [1.807, 2.05) is 4.90 Å². The number of carbonyl (C=O) groups excluding carboxylic acids is 1. The number of benzene rings is 1. The standard InChI is InChI=1S/C21H27F3N3O3.C5H6N2O2/c22-21(23,24)30-16-5-1-3-14(7-16)8-25-9-17-18-10-26(11-19(17)18)12-20(29)27-6-2-4-15(27)13-28;1-7-2-4(5(8)9)6-3-7/h1,3,5,7,15,17-19,28H,2,4,6,8-13H2;2-3H,1H3,(H,8,9)/q-1;. The smallest absolute Gasteiger partial charge is 0.573 e. The highest BCUT2D eigenvalue weighted by Crippen LogP contribution is 2.52. The molecule has 3 fully saturated rings. The SMILES string of the molecule is Cn1cnc(C(=O)O)c1.O=C(CN1CC2C(C[N-]Cc3cccc(OC(F)(F)F)c3)C2C1)N1CCCC1CO. The molecule has 3 unspecified atom stereocenters. The Morgan fingerprint density at radius 2 is 1.97 bits per heavy atom. The molecule has 2 aromatic rings. The number of likely N-dealkylation sites (tertiary alicyclic amines) is 2. The van der Waals surface area contributed by atoms with Gasteiger partial charge in [0.1, 0.15) is 5.75 Å². The average molecular weight is 553 g/mol. The Morgan fingerprint density at radius 3 is 2.56 bits per heavy atom. The van der Waals surface area contributed by atoms with Crippen LogP contribution in [-0.4, -0.2) is 93.2 Å². The summed E-state index contributed by atoms with van der Waals surface area (Å²) in [6.45, 7) is 4.03. The fourth-order valence-electron chi connectivity index (χ4n) is 5.48. The Kier molecular flexibility index (Phi) is 9.13. The lowest BCUT2D eigenvalue weighted by molar-refractivity contribution is -0.274. The van der Waals surface area contributed by atoms with Crippen LogP contribution in [0.3, 0.4) is 0 Å². The molecule has 3 aliphatic rings. The molecule has 1 aromatic heterocycles. The van der Waals surface area contributed by atoms with Crippen molar-refractivity contribution in [3.63, 3.8) is 0 Å². The van der Waals surface area contributed by atoms with Crippen LogP contribution < -0.4 is 4.74 Å². The van der Waals surface area contributed by atoms with Gasteiger partial charge in [-0.3, -0.25) is 9.69 Å². The van der Waals surface area contributed by atoms with Crippen molar-refractivity contribution in [2.24, 2.45) is 24.8 Å². The Bertz CT molecular complexity index is 1130. The predicted molar refractivity (Wildman–Crippen MR) is 134 cm³/mol. The lowest BCUT2D eigenvalue weighted by Gasteiger charge is -2.27. The van der Waals surface area contributed by atoms with E-state index in [-0.39, 0.29) is 30.0 Å². The molecular weight excluding hydrogens is 519 g/mol. The van der Waals surface area contributed by atoms with Crippen molar-refractivity contribution in [2.45, 2.75) is 31.8 Å². The molecule has 3 atom stereocenters. The van der Waals surface area contributed by atoms with Crippen LogP contribution in [0.1, 0.15) is 28.9 Å². The number of aliphatic hydroxyl groups excluding tert-OH is 1. The number of hydrogen-bond acceptors (Lipinski definition) is 6. The topological polar surface area (TPSA) is 122 Å². The van der Waals surface area contributed by atoms with E-state index in [2.05, 4.69) is 19.9 Å². The Labute approximate surface area is 224 Å². The number of ether oxygens (including phenoxy) is 1. The zero-order chi connectivity index (χ0) is 28.2. The number of carbonyl (C=O) groups is 2. The van der Waals surface area contributed by atoms with Gasteiger partial charge < -0.3 is 29.7 Å². The molecule has 3 heterocycles. The highest BCUT2D eigenvalue weighted by Gasteiger charge is 2.53. The maximum absolute atomic E-state index is 12.5. The minimum absolute atomic E-state index is 0.0266. The first-order valence-electron chi connectivity index (χ1n) is 12.9. The van der Waals surface area contributed by atoms with Crippen LogP contribution >= 0.6 is 0 Å². The number of nitrogens with zero attached hydrogens (tertiary/aromatic N) is 5. The van der Waals surface area contributed by atoms with E-state index in [9.17, 15) is 27.9 Å². The average Bonchev–Trinajstić information content (AvgIpc) is 3.35. The number of aryl methyl sites for hydroxylation is 1. The molecule has 1 aromatic carbocycles. The molecule has 1 saturated carbocycles. The number of aliphatic hydroxyl groups is 1. The third-order valence-corrected chi connectivity index (χ3v) is 7.40. The van der Waals surface area contributed by atoms with Crippen molar-refractivity contribution in [1.82, 2.24) is 19.4 Å². The number of imidazole rings is 1. The van der Waals surface area contributed by atoms with Gasteiger partial charge in [-0.1, -0.05) is 23.6 Å². The molecule has 2 N–H and O–H groups in total. The van der Waals surface area contributed by atoms with E-state index >= 15 is 0 Å². The third-order valence-electron chi connectivity index (χ3n) is 7.40. The summed E-state index contributed by atoms with van der Waals surface area (Å²) < 4.78 is 42.5. The predicted octanol–water partition coefficient (Wildman–Crippen LogP) is 2.74. The molecule has 1 amide bonds. The molecule has 39 heavy (non-hydrogen) atoms. The molecule has 10 nitrogen and oxygen atoms in total. The summed E-state index contributed by atoms with van der Waals surface area (Å²) in [7, 11) is 1.72. The number of aromatic carboxylic acids is 1. The molecule has 214 valence electrons. The number of amides is 1. The number of fused-ring (bicyclic) bond motifs is 1. The molecular formula is C26H33F3N5O5-. The molecule has 13 heteroatoms. The fraction of sp³-hybridized carbons (Fsp3) is 0.577. The van der Waals surface area contributed by atoms with Crippen molar-refractivity contribution in [3.05, 3.63) is 53.4 Å². The molecule has 1 aliphatic carbocycles. The van der Waals surface area contributed by atoms with E-state index in [1.165, 1.54) is 30.7 Å². The molecule has 0 bridgehead atoms. The van der Waals surface area contributed by atoms with Gasteiger partial charge in [0.05, 0.1) is 25.5 Å². The summed E-state index contributed by atoms with van der Waals surface area (Å²) in [4.78, 5) is 30.2. The maximum atomic E-state index is 12.5. The van der Waals surface area contributed by atoms with Crippen LogP contribution in [0.25, 0.3) is 5.32 Å². The number of alkyl halides is 3. The van der Waals surface area contributed by atoms with Gasteiger partial charge in [-0.2, -0.15) is 0 Å². The van der Waals surface area contributed by atoms with Crippen LogP contribution in [0, 0.1) is 17.8 Å². The summed E-state index contributed by atoms with van der Waals surface area (Å²) in [5.74, 6) is 0.496. The lowest BCUT2D eigenvalue weighted by Crippen LogP contribution is -2.44. The summed E-state index contributed by atoms with van der Waals surface area (Å²) >= 11 is 0. The Hall–Kier alpha value is -3.16. The summed E-state index contributed by atoms with van der Waals surface area (Å²) in [6.07, 6.45) is 0.0351. The quantitative estimate of drug-likeness (QED) is 0.491. The minimum atomic E-state index is -4.69. The monoisotopic (exact) mass is 552 g/mol. The lowest BCUT2D eigenvalue weighted by atomic mass is 10.2. The Morgan fingerprint density at radius 1 is 1.23 bits per heavy atom. The van der Waals surface area contributed by atoms with Crippen LogP contribution in [0.15, 0.2) is 36.8 Å². The molecule has 5 rings (SSSR count). The number of halogens is 3. The van der Waals surface area contributed by atoms with Gasteiger partial charge in [-0.25, -0.2) is 9.78 Å². The number of hydrogen-bond donors (Lipinski definition) is 2. The van der Waals surface area contributed by atoms with Crippen molar-refractivity contribution in [3.8, 4) is 5.75 Å². The maximum Gasteiger partial charge on any atom is 0.573 e. The van der Waals surface area contributed by atoms with Crippen LogP contribution in [0.5, 0.6) is 5.75 Å². The zero-order valence-electron chi connectivity index (χ0n) is 21.6. The molecule has 0 spiro atoms. The van der Waals surface area contributed by atoms with Crippen molar-refractivity contribution >= 4 is 11.9 Å². The van der Waals surface area contributed by atoms with Gasteiger partial charge in [-0.05, 0) is 36.8 Å². The minimum Gasteiger partial charge on any atom is -0.658 e. The number of carboxylic acid groups (broad SMARTS) is 1. The number of piperidine rings is 1. The fourth-order valence-corrected chi connectivity index (χ4v) is 5.48. The largest absolute Gasteiger partial charge is 0.658 e. The van der Waals surface area contributed by atoms with E-state index in [0.29, 0.717) is 43.0 Å². The summed E-state index contributed by atoms with van der Waals surface area (Å²) in [5, 5.41) is 22.2. The van der Waals surface area contributed by atoms with Gasteiger partial charge in [0.15, 0.2) is 5.69 Å². The number of rotatable bonds is 9. The normalized spacial score (nSPS) is 24.2. The van der Waals surface area contributed by atoms with Crippen molar-refractivity contribution < 1.29 is 37.7 Å². The first-order valence-corrected chi connectivity index (χ1v) is 12.9. The van der Waals surface area contributed by atoms with Crippen LogP contribution in [-0.2, 0) is 18.4 Å². The van der Waals surface area contributed by atoms with Gasteiger partial charge >= 0.3 is 12.3 Å². The van der Waals surface area contributed by atoms with Crippen LogP contribution in [0.2, 0.25) is 0 Å². The summed E-state index contributed by atoms with van der Waals surface area (Å²) in [5.41, 5.74) is 0.774. The van der Waals surface area contributed by atoms with Gasteiger partial charge in [0, 0.05) is 32.9 Å². The number of aromatic nitrogens is 2. The van der Waals surface area contributed by atoms with Crippen molar-refractivity contribution in [1.29, 1.82) is 0 Å². The second-order valence-electron chi connectivity index (χ2n) is 10.2. The van der Waals surface area contributed by atoms with Gasteiger partial charge in [-0.15, -0.1) is 26.3 Å². The first-order chi connectivity index (χ1) is 18.5. The second-order valence-corrected chi connectivity index (χ2v) is 10.2. The third kappa shape index (κ3) is 7.93. The van der Waals surface area contributed by atoms with Gasteiger partial charge in [0.25, 0.3) is 0 Å². The zero-order valence-corrected chi connectivity index (χ0v) is 21.6. The molecule has 2 aliphatic heterocycles. The summed E-state index contributed by atoms with van der Waals surface area (Å²) in [6, 6.07) is 5.90. The first kappa shape index (κ1) is 28.8. The molecule has 0 radical (unpaired) electrons. The molecule has 2 saturated heterocycles. The van der Waals surface area contributed by atoms with Crippen molar-refractivity contribution in [2.75, 3.05) is 39.3 Å². The van der Waals surface area contributed by atoms with Gasteiger partial charge in [0.2, 0.25) is 5.91 Å². The van der Waals surface area contributed by atoms with Crippen LogP contribution in [0.4, 0.5) is 13.2 Å². The van der Waals surface area contributed by atoms with E-state index < -0.39 is 12.3 Å².